The predicted octanol–water partition coefficient (Wildman–Crippen LogP) is -0.502. The quantitative estimate of drug-likeness (QED) is 0.493. The molecule has 1 aliphatic heterocycles. The highest BCUT2D eigenvalue weighted by molar-refractivity contribution is 6.05. The van der Waals surface area contributed by atoms with Gasteiger partial charge in [0.05, 0.1) is 5.69 Å². The molecule has 7 nitrogen and oxygen atoms in total. The summed E-state index contributed by atoms with van der Waals surface area (Å²) in [5, 5.41) is 35.0. The number of carbonyl (C=O) groups is 1. The molecule has 0 spiro atoms. The van der Waals surface area contributed by atoms with Crippen LogP contribution in [0.3, 0.4) is 0 Å². The van der Waals surface area contributed by atoms with Crippen LogP contribution in [-0.4, -0.2) is 17.2 Å². The fourth-order valence-electron chi connectivity index (χ4n) is 1.82. The molecule has 1 aromatic carbocycles. The number of carbonyl (C=O) groups excluding carboxylic acids is 1. The molecule has 0 saturated carbocycles. The topological polar surface area (TPSA) is 112 Å². The number of rotatable bonds is 1. The number of benzene rings is 1. The van der Waals surface area contributed by atoms with Crippen molar-refractivity contribution in [2.75, 3.05) is 10.6 Å². The van der Waals surface area contributed by atoms with E-state index in [1.165, 1.54) is 0 Å². The van der Waals surface area contributed by atoms with Crippen LogP contribution in [-0.2, 0) is 4.79 Å². The number of amides is 1. The van der Waals surface area contributed by atoms with Gasteiger partial charge in [0.2, 0.25) is 6.23 Å². The molecule has 7 heteroatoms. The lowest BCUT2D eigenvalue weighted by molar-refractivity contribution is -0.714. The van der Waals surface area contributed by atoms with Gasteiger partial charge in [0.15, 0.2) is 5.69 Å². The molecule has 0 saturated heterocycles. The van der Waals surface area contributed by atoms with Crippen molar-refractivity contribution in [3.8, 4) is 0 Å². The molecule has 2 rings (SSSR count). The second kappa shape index (κ2) is 3.97. The first-order valence-corrected chi connectivity index (χ1v) is 5.03. The van der Waals surface area contributed by atoms with E-state index in [4.69, 9.17) is 0 Å². The molecule has 1 aromatic rings. The summed E-state index contributed by atoms with van der Waals surface area (Å²) in [6, 6.07) is 1.67. The van der Waals surface area contributed by atoms with E-state index in [-0.39, 0.29) is 11.4 Å². The van der Waals surface area contributed by atoms with Crippen LogP contribution in [0.15, 0.2) is 6.07 Å². The van der Waals surface area contributed by atoms with Gasteiger partial charge in [-0.2, -0.15) is 0 Å². The summed E-state index contributed by atoms with van der Waals surface area (Å²) < 4.78 is 0. The molecule has 17 heavy (non-hydrogen) atoms. The maximum Gasteiger partial charge on any atom is 0.274 e. The predicted molar refractivity (Wildman–Crippen MR) is 61.5 cm³/mol. The first kappa shape index (κ1) is 11.8. The number of hydrogen-bond acceptors (Lipinski definition) is 5. The Balaban J connectivity index is 2.64. The van der Waals surface area contributed by atoms with Crippen molar-refractivity contribution in [3.63, 3.8) is 0 Å². The van der Waals surface area contributed by atoms with Gasteiger partial charge in [0.25, 0.3) is 5.91 Å². The van der Waals surface area contributed by atoms with Crippen LogP contribution in [0.5, 0.6) is 0 Å². The van der Waals surface area contributed by atoms with E-state index in [0.29, 0.717) is 11.3 Å². The zero-order valence-corrected chi connectivity index (χ0v) is 9.33. The summed E-state index contributed by atoms with van der Waals surface area (Å²) in [5.41, 5.74) is 1.72. The summed E-state index contributed by atoms with van der Waals surface area (Å²) in [6.07, 6.45) is -1.38. The summed E-state index contributed by atoms with van der Waals surface area (Å²) in [7, 11) is 0. The molecule has 1 amide bonds. The van der Waals surface area contributed by atoms with E-state index in [0.717, 1.165) is 5.56 Å². The molecular formula is C10H12N3O4-. The lowest BCUT2D eigenvalue weighted by Gasteiger charge is -2.33. The van der Waals surface area contributed by atoms with Crippen molar-refractivity contribution < 1.29 is 15.1 Å². The van der Waals surface area contributed by atoms with Crippen LogP contribution < -0.4 is 15.9 Å². The number of aliphatic hydroxyl groups excluding tert-OH is 1. The fourth-order valence-corrected chi connectivity index (χ4v) is 1.82. The molecule has 92 valence electrons. The van der Waals surface area contributed by atoms with Crippen LogP contribution in [0.4, 0.5) is 17.1 Å². The minimum atomic E-state index is -1.38. The summed E-state index contributed by atoms with van der Waals surface area (Å²) in [4.78, 5) is 11.3. The number of hydrogen-bond donors (Lipinski definition) is 4. The molecule has 1 unspecified atom stereocenters. The van der Waals surface area contributed by atoms with Crippen LogP contribution in [0, 0.1) is 24.3 Å². The third-order valence-corrected chi connectivity index (χ3v) is 2.84. The average Bonchev–Trinajstić information content (AvgIpc) is 2.23. The maximum atomic E-state index is 11.3. The van der Waals surface area contributed by atoms with Gasteiger partial charge >= 0.3 is 0 Å². The summed E-state index contributed by atoms with van der Waals surface area (Å²) in [5.74, 6) is -0.691. The highest BCUT2D eigenvalue weighted by Gasteiger charge is 2.28. The molecular weight excluding hydrogens is 226 g/mol. The Labute approximate surface area is 97.2 Å². The molecule has 0 aromatic heterocycles. The first-order chi connectivity index (χ1) is 7.91. The Kier molecular flexibility index (Phi) is 2.76. The van der Waals surface area contributed by atoms with Gasteiger partial charge in [-0.05, 0) is 25.5 Å². The number of anilines is 2. The van der Waals surface area contributed by atoms with E-state index >= 15 is 0 Å². The van der Waals surface area contributed by atoms with Gasteiger partial charge in [-0.1, -0.05) is 0 Å². The van der Waals surface area contributed by atoms with Crippen molar-refractivity contribution in [1.29, 1.82) is 0 Å². The van der Waals surface area contributed by atoms with Gasteiger partial charge in [-0.3, -0.25) is 4.79 Å². The Bertz CT molecular complexity index is 487. The van der Waals surface area contributed by atoms with Crippen molar-refractivity contribution in [2.24, 2.45) is 0 Å². The van der Waals surface area contributed by atoms with E-state index in [1.54, 1.807) is 19.9 Å². The van der Waals surface area contributed by atoms with Crippen molar-refractivity contribution in [2.45, 2.75) is 20.1 Å². The third kappa shape index (κ3) is 1.85. The molecule has 4 N–H and O–H groups in total. The molecule has 1 heterocycles. The minimum absolute atomic E-state index is 0.0623. The van der Waals surface area contributed by atoms with Gasteiger partial charge in [0, 0.05) is 5.56 Å². The van der Waals surface area contributed by atoms with E-state index in [2.05, 4.69) is 10.6 Å². The summed E-state index contributed by atoms with van der Waals surface area (Å²) in [6.45, 7) is 3.38. The Morgan fingerprint density at radius 2 is 2.06 bits per heavy atom. The Morgan fingerprint density at radius 3 is 2.65 bits per heavy atom. The smallest absolute Gasteiger partial charge is 0.274 e. The average molecular weight is 238 g/mol. The van der Waals surface area contributed by atoms with E-state index in [9.17, 15) is 20.3 Å². The Morgan fingerprint density at radius 1 is 1.41 bits per heavy atom. The fraction of sp³-hybridized carbons (Fsp3) is 0.300. The number of nitrogens with one attached hydrogen (secondary N) is 3. The Hall–Kier alpha value is -1.67. The second-order valence-electron chi connectivity index (χ2n) is 3.94. The highest BCUT2D eigenvalue weighted by Crippen LogP contribution is 2.36. The van der Waals surface area contributed by atoms with Gasteiger partial charge in [0.1, 0.15) is 5.69 Å². The number of quaternary nitrogens is 1. The number of fused-ring (bicyclic) bond motifs is 1. The van der Waals surface area contributed by atoms with Crippen LogP contribution in [0.1, 0.15) is 11.1 Å². The summed E-state index contributed by atoms with van der Waals surface area (Å²) >= 11 is 0. The van der Waals surface area contributed by atoms with Crippen molar-refractivity contribution in [1.82, 2.24) is 0 Å². The minimum Gasteiger partial charge on any atom is -0.628 e. The number of aryl methyl sites for hydroxylation is 1. The van der Waals surface area contributed by atoms with Crippen LogP contribution in [0.2, 0.25) is 0 Å². The molecule has 0 bridgehead atoms. The lowest BCUT2D eigenvalue weighted by Crippen LogP contribution is -2.96. The van der Waals surface area contributed by atoms with Crippen molar-refractivity contribution in [3.05, 3.63) is 27.6 Å². The van der Waals surface area contributed by atoms with Gasteiger partial charge in [-0.15, -0.1) is 0 Å². The molecule has 1 aliphatic rings. The zero-order chi connectivity index (χ0) is 12.7. The zero-order valence-electron chi connectivity index (χ0n) is 9.33. The third-order valence-electron chi connectivity index (χ3n) is 2.84. The van der Waals surface area contributed by atoms with E-state index < -0.39 is 17.4 Å². The van der Waals surface area contributed by atoms with E-state index in [1.807, 2.05) is 0 Å². The molecule has 0 radical (unpaired) electrons. The molecule has 1 atom stereocenters. The second-order valence-corrected chi connectivity index (χ2v) is 3.94. The van der Waals surface area contributed by atoms with Crippen molar-refractivity contribution >= 4 is 23.0 Å². The van der Waals surface area contributed by atoms with Crippen LogP contribution in [0.25, 0.3) is 0 Å². The highest BCUT2D eigenvalue weighted by atomic mass is 16.8. The molecule has 0 fully saturated rings. The van der Waals surface area contributed by atoms with Crippen LogP contribution >= 0.6 is 0 Å². The number of aliphatic hydroxyl groups is 1. The van der Waals surface area contributed by atoms with Gasteiger partial charge in [-0.25, -0.2) is 0 Å². The standard InChI is InChI=1S/C10H12N3O4/c1-4-3-6-7(8(5(4)2)13(16)17)12-10(15)9(14)11-6/h3,9,11,13-14H,1-2H3,(H,12,15)/q-1. The first-order valence-electron chi connectivity index (χ1n) is 5.03. The normalized spacial score (nSPS) is 18.7. The van der Waals surface area contributed by atoms with Gasteiger partial charge < -0.3 is 31.4 Å². The molecule has 0 aliphatic carbocycles. The monoisotopic (exact) mass is 238 g/mol. The lowest BCUT2D eigenvalue weighted by atomic mass is 10.0. The largest absolute Gasteiger partial charge is 0.628 e. The SMILES string of the molecule is Cc1cc2c(c([NH+]([O-])[O-])c1C)NC(=O)C(O)N2. The maximum absolute atomic E-state index is 11.3.